The minimum Gasteiger partial charge on any atom is -0.872 e. The van der Waals surface area contributed by atoms with Crippen molar-refractivity contribution in [1.82, 2.24) is 0 Å². The summed E-state index contributed by atoms with van der Waals surface area (Å²) in [6.45, 7) is 5.48. The zero-order chi connectivity index (χ0) is 17.6. The van der Waals surface area contributed by atoms with Gasteiger partial charge in [0.05, 0.1) is 25.6 Å². The molecule has 0 amide bonds. The molecule has 2 fully saturated rings. The Labute approximate surface area is 147 Å². The van der Waals surface area contributed by atoms with Crippen LogP contribution >= 0.6 is 0 Å². The van der Waals surface area contributed by atoms with Crippen LogP contribution in [0.4, 0.5) is 0 Å². The first kappa shape index (κ1) is 15.4. The van der Waals surface area contributed by atoms with Crippen molar-refractivity contribution in [2.45, 2.75) is 48.8 Å². The summed E-state index contributed by atoms with van der Waals surface area (Å²) in [4.78, 5) is 12.7. The number of hydrogen-bond donors (Lipinski definition) is 1. The molecule has 25 heavy (non-hydrogen) atoms. The largest absolute Gasteiger partial charge is 0.872 e. The van der Waals surface area contributed by atoms with E-state index < -0.39 is 17.1 Å². The van der Waals surface area contributed by atoms with E-state index in [2.05, 4.69) is 13.6 Å². The van der Waals surface area contributed by atoms with E-state index in [1.165, 1.54) is 0 Å². The Morgan fingerprint density at radius 3 is 3.04 bits per heavy atom. The number of benzene rings is 1. The highest BCUT2D eigenvalue weighted by atomic mass is 16.5. The molecule has 1 saturated heterocycles. The Balaban J connectivity index is 1.83. The third kappa shape index (κ3) is 1.51. The van der Waals surface area contributed by atoms with Gasteiger partial charge in [0, 0.05) is 24.8 Å². The van der Waals surface area contributed by atoms with E-state index in [9.17, 15) is 15.0 Å². The van der Waals surface area contributed by atoms with Crippen LogP contribution in [0.5, 0.6) is 11.5 Å². The zero-order valence-electron chi connectivity index (χ0n) is 14.5. The Morgan fingerprint density at radius 1 is 1.48 bits per heavy atom. The molecule has 5 rings (SSSR count). The van der Waals surface area contributed by atoms with Crippen LogP contribution in [0, 0.1) is 0 Å². The standard InChI is InChI=1S/C20H23NO4/c1-3-9-21(2)10-8-19-17-12-11-16(21)20(19,24)7-6-14(23)18(19)25-15(17)5-4-13(12)22/h3-5,16,18,24H,1,6-11H2,2H3/t16-,18?,19+,20+,21+/m0/s1. The predicted octanol–water partition coefficient (Wildman–Crippen LogP) is 0.814. The van der Waals surface area contributed by atoms with Gasteiger partial charge in [-0.05, 0) is 24.1 Å². The molecular weight excluding hydrogens is 318 g/mol. The maximum Gasteiger partial charge on any atom is 0.174 e. The van der Waals surface area contributed by atoms with E-state index in [1.807, 2.05) is 6.08 Å². The molecule has 1 unspecified atom stereocenters. The topological polar surface area (TPSA) is 69.6 Å². The number of rotatable bonds is 2. The van der Waals surface area contributed by atoms with Crippen molar-refractivity contribution in [1.29, 1.82) is 0 Å². The lowest BCUT2D eigenvalue weighted by Crippen LogP contribution is -2.80. The molecule has 1 aromatic carbocycles. The monoisotopic (exact) mass is 341 g/mol. The number of likely N-dealkylation sites (N-methyl/N-ethyl adjacent to an activating group) is 1. The third-order valence-corrected chi connectivity index (χ3v) is 7.45. The molecule has 1 spiro atoms. The number of aliphatic hydroxyl groups is 1. The summed E-state index contributed by atoms with van der Waals surface area (Å²) in [5.74, 6) is 0.686. The molecular formula is C20H23NO4. The molecule has 2 aliphatic carbocycles. The fraction of sp³-hybridized carbons (Fsp3) is 0.550. The van der Waals surface area contributed by atoms with Crippen molar-refractivity contribution in [2.75, 3.05) is 20.1 Å². The lowest BCUT2D eigenvalue weighted by molar-refractivity contribution is -0.944. The van der Waals surface area contributed by atoms with Gasteiger partial charge in [0.1, 0.15) is 17.4 Å². The second-order valence-electron chi connectivity index (χ2n) is 8.42. The van der Waals surface area contributed by atoms with Crippen LogP contribution in [-0.2, 0) is 16.6 Å². The molecule has 0 aromatic heterocycles. The molecule has 132 valence electrons. The van der Waals surface area contributed by atoms with Crippen LogP contribution in [-0.4, -0.2) is 53.3 Å². The average Bonchev–Trinajstić information content (AvgIpc) is 2.91. The van der Waals surface area contributed by atoms with Gasteiger partial charge < -0.3 is 19.4 Å². The number of piperidine rings is 1. The molecule has 4 aliphatic rings. The normalized spacial score (nSPS) is 43.4. The lowest BCUT2D eigenvalue weighted by atomic mass is 9.48. The molecule has 5 nitrogen and oxygen atoms in total. The molecule has 2 bridgehead atoms. The van der Waals surface area contributed by atoms with Crippen molar-refractivity contribution < 1.29 is 24.2 Å². The van der Waals surface area contributed by atoms with E-state index in [0.717, 1.165) is 24.2 Å². The van der Waals surface area contributed by atoms with E-state index in [1.54, 1.807) is 12.1 Å². The molecule has 1 aromatic rings. The zero-order valence-corrected chi connectivity index (χ0v) is 14.5. The molecule has 5 atom stereocenters. The highest BCUT2D eigenvalue weighted by molar-refractivity contribution is 5.89. The summed E-state index contributed by atoms with van der Waals surface area (Å²) < 4.78 is 6.72. The summed E-state index contributed by atoms with van der Waals surface area (Å²) in [5, 5.41) is 24.6. The maximum absolute atomic E-state index is 12.7. The number of ether oxygens (including phenoxy) is 1. The number of likely N-dealkylation sites (tertiary alicyclic amines) is 1. The molecule has 0 radical (unpaired) electrons. The first-order valence-corrected chi connectivity index (χ1v) is 9.08. The van der Waals surface area contributed by atoms with Gasteiger partial charge in [0.15, 0.2) is 11.9 Å². The van der Waals surface area contributed by atoms with E-state index in [-0.39, 0.29) is 17.6 Å². The Bertz CT molecular complexity index is 820. The third-order valence-electron chi connectivity index (χ3n) is 7.45. The van der Waals surface area contributed by atoms with Gasteiger partial charge in [-0.25, -0.2) is 0 Å². The number of hydrogen-bond acceptors (Lipinski definition) is 4. The van der Waals surface area contributed by atoms with Crippen LogP contribution in [0.25, 0.3) is 0 Å². The Hall–Kier alpha value is -1.85. The van der Waals surface area contributed by atoms with E-state index in [4.69, 9.17) is 4.74 Å². The van der Waals surface area contributed by atoms with Crippen molar-refractivity contribution in [3.63, 3.8) is 0 Å². The van der Waals surface area contributed by atoms with Gasteiger partial charge in [0.25, 0.3) is 0 Å². The summed E-state index contributed by atoms with van der Waals surface area (Å²) >= 11 is 0. The van der Waals surface area contributed by atoms with Gasteiger partial charge in [0.2, 0.25) is 0 Å². The van der Waals surface area contributed by atoms with Crippen LogP contribution in [0.1, 0.15) is 30.4 Å². The number of Topliss-reactive ketones (excluding diaryl/α,β-unsaturated/α-hetero) is 1. The smallest absolute Gasteiger partial charge is 0.174 e. The highest BCUT2D eigenvalue weighted by Crippen LogP contribution is 2.65. The maximum atomic E-state index is 12.7. The quantitative estimate of drug-likeness (QED) is 0.639. The Morgan fingerprint density at radius 2 is 2.28 bits per heavy atom. The average molecular weight is 341 g/mol. The predicted molar refractivity (Wildman–Crippen MR) is 89.4 cm³/mol. The molecule has 2 heterocycles. The van der Waals surface area contributed by atoms with Crippen LogP contribution in [0.2, 0.25) is 0 Å². The Kier molecular flexibility index (Phi) is 2.75. The van der Waals surface area contributed by atoms with Gasteiger partial charge in [-0.15, -0.1) is 5.75 Å². The fourth-order valence-electron chi connectivity index (χ4n) is 6.34. The number of ketones is 1. The molecule has 1 saturated carbocycles. The number of nitrogens with zero attached hydrogens (tertiary/aromatic N) is 1. The van der Waals surface area contributed by atoms with Crippen molar-refractivity contribution in [3.8, 4) is 11.5 Å². The molecule has 5 heteroatoms. The van der Waals surface area contributed by atoms with Crippen molar-refractivity contribution >= 4 is 5.78 Å². The van der Waals surface area contributed by atoms with Gasteiger partial charge >= 0.3 is 0 Å². The van der Waals surface area contributed by atoms with Gasteiger partial charge in [-0.3, -0.25) is 4.79 Å². The van der Waals surface area contributed by atoms with Crippen molar-refractivity contribution in [2.24, 2.45) is 0 Å². The van der Waals surface area contributed by atoms with Crippen molar-refractivity contribution in [3.05, 3.63) is 35.9 Å². The minimum absolute atomic E-state index is 0.000462. The highest BCUT2D eigenvalue weighted by Gasteiger charge is 2.76. The second kappa shape index (κ2) is 4.46. The van der Waals surface area contributed by atoms with Gasteiger partial charge in [-0.1, -0.05) is 12.6 Å². The molecule has 2 aliphatic heterocycles. The minimum atomic E-state index is -1.02. The fourth-order valence-corrected chi connectivity index (χ4v) is 6.34. The number of quaternary nitrogens is 1. The van der Waals surface area contributed by atoms with E-state index >= 15 is 0 Å². The summed E-state index contributed by atoms with van der Waals surface area (Å²) in [5.41, 5.74) is -0.192. The van der Waals surface area contributed by atoms with Crippen LogP contribution in [0.15, 0.2) is 24.8 Å². The number of carbonyl (C=O) groups is 1. The second-order valence-corrected chi connectivity index (χ2v) is 8.42. The number of carbonyl (C=O) groups excluding carboxylic acids is 1. The lowest BCUT2D eigenvalue weighted by Gasteiger charge is -2.64. The summed E-state index contributed by atoms with van der Waals surface area (Å²) in [6.07, 6.45) is 3.22. The van der Waals surface area contributed by atoms with Gasteiger partial charge in [-0.2, -0.15) is 0 Å². The first-order chi connectivity index (χ1) is 11.9. The SMILES string of the molecule is C=CC[N@+]1(C)CC[C@]23c4c5ccc([O-])c4C[C@H]1[C@]2(O)CCC(=O)C3O5. The van der Waals surface area contributed by atoms with Crippen LogP contribution < -0.4 is 9.84 Å². The van der Waals surface area contributed by atoms with Crippen LogP contribution in [0.3, 0.4) is 0 Å². The first-order valence-electron chi connectivity index (χ1n) is 9.08. The summed E-state index contributed by atoms with van der Waals surface area (Å²) in [6, 6.07) is 3.12. The molecule has 1 N–H and O–H groups in total. The summed E-state index contributed by atoms with van der Waals surface area (Å²) in [7, 11) is 2.14. The van der Waals surface area contributed by atoms with E-state index in [0.29, 0.717) is 35.9 Å².